The first kappa shape index (κ1) is 23.9. The molecule has 0 bridgehead atoms. The molecule has 26 heavy (non-hydrogen) atoms. The van der Waals surface area contributed by atoms with Crippen LogP contribution in [0.3, 0.4) is 0 Å². The molecule has 0 heterocycles. The third kappa shape index (κ3) is 16.7. The standard InChI is InChI=1S/C19H31NO6/c1-20(2,3)15-16(14-18(23)24)26-19(25)13-11-9-7-5-4-6-8-10-12-17(21)22/h5,7,10,12,16H,4,6,8-9,11,13-15H2,1-3H3,(H-,21,22,23,24)/b7-5+,12-10+. The fraction of sp³-hybridized carbons (Fsp3) is 0.632. The van der Waals surface area contributed by atoms with Crippen LogP contribution in [0, 0.1) is 0 Å². The molecule has 0 saturated carbocycles. The maximum atomic E-state index is 11.9. The summed E-state index contributed by atoms with van der Waals surface area (Å²) in [7, 11) is 5.70. The minimum absolute atomic E-state index is 0.242. The second kappa shape index (κ2) is 13.1. The molecule has 0 aromatic carbocycles. The van der Waals surface area contributed by atoms with Crippen LogP contribution in [0.4, 0.5) is 0 Å². The van der Waals surface area contributed by atoms with E-state index in [9.17, 15) is 19.5 Å². The van der Waals surface area contributed by atoms with Crippen LogP contribution in [0.25, 0.3) is 0 Å². The van der Waals surface area contributed by atoms with Gasteiger partial charge in [0, 0.05) is 24.9 Å². The number of carboxylic acid groups (broad SMARTS) is 2. The van der Waals surface area contributed by atoms with E-state index in [1.54, 1.807) is 6.08 Å². The van der Waals surface area contributed by atoms with Gasteiger partial charge in [-0.15, -0.1) is 0 Å². The number of ether oxygens (including phenoxy) is 1. The molecule has 1 unspecified atom stereocenters. The first-order valence-corrected chi connectivity index (χ1v) is 8.84. The van der Waals surface area contributed by atoms with Gasteiger partial charge in [-0.3, -0.25) is 4.79 Å². The van der Waals surface area contributed by atoms with Gasteiger partial charge in [0.25, 0.3) is 0 Å². The SMILES string of the molecule is C[N+](C)(C)CC(CC(=O)[O-])OC(=O)CCC/C=C/CCC/C=C/C(=O)O. The average Bonchev–Trinajstić information content (AvgIpc) is 2.46. The van der Waals surface area contributed by atoms with Gasteiger partial charge in [0.2, 0.25) is 0 Å². The Hall–Kier alpha value is -2.15. The van der Waals surface area contributed by atoms with E-state index >= 15 is 0 Å². The molecule has 0 aromatic rings. The third-order valence-electron chi connectivity index (χ3n) is 3.36. The summed E-state index contributed by atoms with van der Waals surface area (Å²) in [6, 6.07) is 0. The molecule has 0 spiro atoms. The number of allylic oxidation sites excluding steroid dienone is 3. The second-order valence-electron chi connectivity index (χ2n) is 7.20. The summed E-state index contributed by atoms with van der Waals surface area (Å²) in [5.41, 5.74) is 0. The lowest BCUT2D eigenvalue weighted by molar-refractivity contribution is -0.873. The summed E-state index contributed by atoms with van der Waals surface area (Å²) in [6.45, 7) is 0.413. The van der Waals surface area contributed by atoms with Gasteiger partial charge >= 0.3 is 11.9 Å². The number of rotatable bonds is 14. The predicted molar refractivity (Wildman–Crippen MR) is 96.0 cm³/mol. The predicted octanol–water partition coefficient (Wildman–Crippen LogP) is 1.28. The van der Waals surface area contributed by atoms with Crippen molar-refractivity contribution in [1.82, 2.24) is 0 Å². The highest BCUT2D eigenvalue weighted by Gasteiger charge is 2.22. The van der Waals surface area contributed by atoms with Crippen molar-refractivity contribution in [2.75, 3.05) is 27.7 Å². The van der Waals surface area contributed by atoms with E-state index in [0.29, 0.717) is 17.4 Å². The zero-order valence-corrected chi connectivity index (χ0v) is 16.0. The van der Waals surface area contributed by atoms with Crippen molar-refractivity contribution in [2.45, 2.75) is 51.0 Å². The normalized spacial score (nSPS) is 13.2. The number of carbonyl (C=O) groups excluding carboxylic acids is 2. The van der Waals surface area contributed by atoms with Crippen LogP contribution in [0.2, 0.25) is 0 Å². The number of likely N-dealkylation sites (N-methyl/N-ethyl adjacent to an activating group) is 1. The van der Waals surface area contributed by atoms with Crippen molar-refractivity contribution < 1.29 is 33.8 Å². The van der Waals surface area contributed by atoms with Crippen LogP contribution in [0.5, 0.6) is 0 Å². The molecule has 1 N–H and O–H groups in total. The lowest BCUT2D eigenvalue weighted by Crippen LogP contribution is -2.45. The Labute approximate surface area is 155 Å². The third-order valence-corrected chi connectivity index (χ3v) is 3.36. The Morgan fingerprint density at radius 2 is 1.62 bits per heavy atom. The molecule has 0 amide bonds. The largest absolute Gasteiger partial charge is 0.550 e. The number of carboxylic acids is 2. The molecule has 0 radical (unpaired) electrons. The summed E-state index contributed by atoms with van der Waals surface area (Å²) in [5.74, 6) is -2.55. The van der Waals surface area contributed by atoms with E-state index in [4.69, 9.17) is 9.84 Å². The maximum absolute atomic E-state index is 11.9. The number of quaternary nitrogens is 1. The smallest absolute Gasteiger partial charge is 0.327 e. The summed E-state index contributed by atoms with van der Waals surface area (Å²) < 4.78 is 5.77. The van der Waals surface area contributed by atoms with Crippen LogP contribution in [-0.2, 0) is 19.1 Å². The molecular weight excluding hydrogens is 338 g/mol. The monoisotopic (exact) mass is 369 g/mol. The topological polar surface area (TPSA) is 104 Å². The van der Waals surface area contributed by atoms with Crippen molar-refractivity contribution >= 4 is 17.9 Å². The van der Waals surface area contributed by atoms with E-state index in [1.807, 2.05) is 33.3 Å². The van der Waals surface area contributed by atoms with Gasteiger partial charge in [0.05, 0.1) is 21.1 Å². The number of carbonyl (C=O) groups is 3. The lowest BCUT2D eigenvalue weighted by atomic mass is 10.2. The molecular formula is C19H31NO6. The van der Waals surface area contributed by atoms with Crippen molar-refractivity contribution in [3.63, 3.8) is 0 Å². The van der Waals surface area contributed by atoms with Gasteiger partial charge in [-0.25, -0.2) is 4.79 Å². The minimum atomic E-state index is -1.22. The van der Waals surface area contributed by atoms with Crippen LogP contribution in [-0.4, -0.2) is 61.3 Å². The second-order valence-corrected chi connectivity index (χ2v) is 7.20. The number of esters is 1. The van der Waals surface area contributed by atoms with Crippen molar-refractivity contribution in [3.05, 3.63) is 24.3 Å². The molecule has 0 aliphatic carbocycles. The molecule has 0 saturated heterocycles. The van der Waals surface area contributed by atoms with Crippen molar-refractivity contribution in [1.29, 1.82) is 0 Å². The summed E-state index contributed by atoms with van der Waals surface area (Å²) in [5, 5.41) is 19.2. The lowest BCUT2D eigenvalue weighted by Gasteiger charge is -2.29. The minimum Gasteiger partial charge on any atom is -0.550 e. The number of unbranched alkanes of at least 4 members (excludes halogenated alkanes) is 3. The Morgan fingerprint density at radius 3 is 2.15 bits per heavy atom. The highest BCUT2D eigenvalue weighted by Crippen LogP contribution is 2.08. The first-order chi connectivity index (χ1) is 12.1. The van der Waals surface area contributed by atoms with Crippen LogP contribution < -0.4 is 5.11 Å². The number of nitrogens with zero attached hydrogens (tertiary/aromatic N) is 1. The van der Waals surface area contributed by atoms with E-state index in [2.05, 4.69) is 0 Å². The van der Waals surface area contributed by atoms with E-state index in [-0.39, 0.29) is 12.8 Å². The molecule has 0 aliphatic rings. The molecule has 7 heteroatoms. The average molecular weight is 369 g/mol. The Balaban J connectivity index is 3.96. The number of aliphatic carboxylic acids is 2. The summed E-state index contributed by atoms with van der Waals surface area (Å²) in [6.07, 6.45) is 9.85. The number of hydrogen-bond acceptors (Lipinski definition) is 5. The molecule has 0 fully saturated rings. The van der Waals surface area contributed by atoms with Gasteiger partial charge in [-0.2, -0.15) is 0 Å². The molecule has 0 rings (SSSR count). The summed E-state index contributed by atoms with van der Waals surface area (Å²) in [4.78, 5) is 32.9. The van der Waals surface area contributed by atoms with E-state index in [0.717, 1.165) is 31.8 Å². The Morgan fingerprint density at radius 1 is 1.04 bits per heavy atom. The van der Waals surface area contributed by atoms with Crippen LogP contribution in [0.1, 0.15) is 44.9 Å². The van der Waals surface area contributed by atoms with Crippen molar-refractivity contribution in [2.24, 2.45) is 0 Å². The van der Waals surface area contributed by atoms with Gasteiger partial charge in [-0.1, -0.05) is 18.2 Å². The molecule has 0 aromatic heterocycles. The molecule has 148 valence electrons. The van der Waals surface area contributed by atoms with Gasteiger partial charge in [-0.05, 0) is 32.1 Å². The van der Waals surface area contributed by atoms with Crippen LogP contribution >= 0.6 is 0 Å². The van der Waals surface area contributed by atoms with Crippen LogP contribution in [0.15, 0.2) is 24.3 Å². The number of hydrogen-bond donors (Lipinski definition) is 1. The fourth-order valence-corrected chi connectivity index (χ4v) is 2.32. The zero-order valence-electron chi connectivity index (χ0n) is 16.0. The quantitative estimate of drug-likeness (QED) is 0.163. The first-order valence-electron chi connectivity index (χ1n) is 8.84. The van der Waals surface area contributed by atoms with Gasteiger partial charge < -0.3 is 24.2 Å². The highest BCUT2D eigenvalue weighted by atomic mass is 16.5. The molecule has 0 aliphatic heterocycles. The van der Waals surface area contributed by atoms with E-state index in [1.165, 1.54) is 0 Å². The molecule has 1 atom stereocenters. The van der Waals surface area contributed by atoms with E-state index < -0.39 is 24.0 Å². The maximum Gasteiger partial charge on any atom is 0.327 e. The summed E-state index contributed by atoms with van der Waals surface area (Å²) >= 11 is 0. The fourth-order valence-electron chi connectivity index (χ4n) is 2.32. The van der Waals surface area contributed by atoms with Gasteiger partial charge in [0.15, 0.2) is 6.10 Å². The van der Waals surface area contributed by atoms with Gasteiger partial charge in [0.1, 0.15) is 6.54 Å². The zero-order chi connectivity index (χ0) is 20.0. The van der Waals surface area contributed by atoms with Crippen molar-refractivity contribution in [3.8, 4) is 0 Å². The Kier molecular flexibility index (Phi) is 12.0. The Bertz CT molecular complexity index is 505. The molecule has 7 nitrogen and oxygen atoms in total. The highest BCUT2D eigenvalue weighted by molar-refractivity contribution is 5.79.